The second-order valence-electron chi connectivity index (χ2n) is 3.32. The average molecular weight is 196 g/mol. The van der Waals surface area contributed by atoms with Gasteiger partial charge in [-0.05, 0) is 6.42 Å². The molecular formula is C9H8O5. The molecule has 0 radical (unpaired) electrons. The van der Waals surface area contributed by atoms with Crippen molar-refractivity contribution in [3.63, 3.8) is 0 Å². The van der Waals surface area contributed by atoms with Crippen molar-refractivity contribution in [2.45, 2.75) is 6.42 Å². The van der Waals surface area contributed by atoms with E-state index in [4.69, 9.17) is 4.74 Å². The normalized spacial score (nSPS) is 33.3. The van der Waals surface area contributed by atoms with Gasteiger partial charge in [-0.15, -0.1) is 0 Å². The first-order valence-electron chi connectivity index (χ1n) is 4.17. The Labute approximate surface area is 79.7 Å². The second kappa shape index (κ2) is 2.67. The molecule has 1 saturated carbocycles. The van der Waals surface area contributed by atoms with Crippen LogP contribution in [0.3, 0.4) is 0 Å². The van der Waals surface area contributed by atoms with Crippen molar-refractivity contribution in [2.24, 2.45) is 11.3 Å². The second-order valence-corrected chi connectivity index (χ2v) is 3.32. The van der Waals surface area contributed by atoms with E-state index in [1.165, 1.54) is 6.08 Å². The number of hydrogen-bond donors (Lipinski definition) is 0. The zero-order chi connectivity index (χ0) is 10.3. The highest BCUT2D eigenvalue weighted by Crippen LogP contribution is 2.59. The minimum Gasteiger partial charge on any atom is -0.461 e. The maximum atomic E-state index is 11.4. The van der Waals surface area contributed by atoms with E-state index in [0.29, 0.717) is 0 Å². The van der Waals surface area contributed by atoms with Gasteiger partial charge in [0.25, 0.3) is 0 Å². The lowest BCUT2D eigenvalue weighted by Gasteiger charge is -2.06. The van der Waals surface area contributed by atoms with Crippen LogP contribution in [0.4, 0.5) is 0 Å². The molecule has 0 aromatic rings. The number of rotatable bonds is 3. The molecule has 1 aliphatic carbocycles. The monoisotopic (exact) mass is 196 g/mol. The smallest absolute Gasteiger partial charge is 0.332 e. The van der Waals surface area contributed by atoms with E-state index >= 15 is 0 Å². The molecule has 2 atom stereocenters. The third-order valence-corrected chi connectivity index (χ3v) is 2.50. The summed E-state index contributed by atoms with van der Waals surface area (Å²) in [5.74, 6) is -2.70. The minimum absolute atomic E-state index is 0.0365. The van der Waals surface area contributed by atoms with Gasteiger partial charge in [-0.1, -0.05) is 12.7 Å². The van der Waals surface area contributed by atoms with Gasteiger partial charge in [-0.25, -0.2) is 0 Å². The van der Waals surface area contributed by atoms with E-state index in [9.17, 15) is 14.4 Å². The molecule has 1 saturated heterocycles. The van der Waals surface area contributed by atoms with E-state index in [2.05, 4.69) is 11.3 Å². The fourth-order valence-corrected chi connectivity index (χ4v) is 1.60. The molecule has 0 aromatic heterocycles. The van der Waals surface area contributed by atoms with Gasteiger partial charge in [0.15, 0.2) is 5.41 Å². The molecule has 1 aliphatic heterocycles. The summed E-state index contributed by atoms with van der Waals surface area (Å²) in [5, 5.41) is 0. The summed E-state index contributed by atoms with van der Waals surface area (Å²) in [7, 11) is 0. The van der Waals surface area contributed by atoms with E-state index in [1.54, 1.807) is 0 Å². The standard InChI is InChI=1S/C9H8O5/c1-2-3-13-7(11)9-4-5(9)6(10)14-8(9)12/h2,5H,1,3-4H2. The Hall–Kier alpha value is -1.65. The van der Waals surface area contributed by atoms with Gasteiger partial charge < -0.3 is 9.47 Å². The van der Waals surface area contributed by atoms with Crippen LogP contribution in [0.15, 0.2) is 12.7 Å². The molecule has 14 heavy (non-hydrogen) atoms. The Balaban J connectivity index is 2.12. The van der Waals surface area contributed by atoms with Crippen LogP contribution in [-0.2, 0) is 23.9 Å². The van der Waals surface area contributed by atoms with E-state index in [0.717, 1.165) is 0 Å². The van der Waals surface area contributed by atoms with Gasteiger partial charge in [-0.2, -0.15) is 0 Å². The third-order valence-electron chi connectivity index (χ3n) is 2.50. The molecule has 0 bridgehead atoms. The molecule has 74 valence electrons. The maximum absolute atomic E-state index is 11.4. The Morgan fingerprint density at radius 2 is 2.43 bits per heavy atom. The zero-order valence-electron chi connectivity index (χ0n) is 7.32. The summed E-state index contributed by atoms with van der Waals surface area (Å²) < 4.78 is 9.05. The van der Waals surface area contributed by atoms with Gasteiger partial charge in [0.05, 0.1) is 5.92 Å². The van der Waals surface area contributed by atoms with Gasteiger partial charge in [0.1, 0.15) is 6.61 Å². The number of fused-ring (bicyclic) bond motifs is 1. The summed E-state index contributed by atoms with van der Waals surface area (Å²) in [4.78, 5) is 33.5. The quantitative estimate of drug-likeness (QED) is 0.355. The lowest BCUT2D eigenvalue weighted by atomic mass is 10.1. The molecule has 5 heteroatoms. The summed E-state index contributed by atoms with van der Waals surface area (Å²) in [6, 6.07) is 0. The Kier molecular flexibility index (Phi) is 1.70. The molecule has 1 heterocycles. The van der Waals surface area contributed by atoms with Crippen LogP contribution in [0.2, 0.25) is 0 Å². The van der Waals surface area contributed by atoms with Crippen molar-refractivity contribution in [2.75, 3.05) is 6.61 Å². The lowest BCUT2D eigenvalue weighted by molar-refractivity contribution is -0.162. The van der Waals surface area contributed by atoms with Crippen LogP contribution >= 0.6 is 0 Å². The van der Waals surface area contributed by atoms with E-state index in [1.807, 2.05) is 0 Å². The Morgan fingerprint density at radius 1 is 1.71 bits per heavy atom. The predicted molar refractivity (Wildman–Crippen MR) is 42.8 cm³/mol. The molecule has 0 N–H and O–H groups in total. The number of carbonyl (C=O) groups is 3. The average Bonchev–Trinajstić information content (AvgIpc) is 2.85. The molecule has 2 aliphatic rings. The predicted octanol–water partition coefficient (Wildman–Crippen LogP) is -0.195. The van der Waals surface area contributed by atoms with Crippen LogP contribution in [0.25, 0.3) is 0 Å². The maximum Gasteiger partial charge on any atom is 0.332 e. The molecule has 0 aromatic carbocycles. The van der Waals surface area contributed by atoms with Crippen LogP contribution in [0.1, 0.15) is 6.42 Å². The minimum atomic E-state index is -1.32. The van der Waals surface area contributed by atoms with Crippen molar-refractivity contribution in [3.05, 3.63) is 12.7 Å². The van der Waals surface area contributed by atoms with Gasteiger partial charge in [0, 0.05) is 0 Å². The fourth-order valence-electron chi connectivity index (χ4n) is 1.60. The molecule has 5 nitrogen and oxygen atoms in total. The highest BCUT2D eigenvalue weighted by atomic mass is 16.6. The largest absolute Gasteiger partial charge is 0.461 e. The number of ether oxygens (including phenoxy) is 2. The van der Waals surface area contributed by atoms with Crippen molar-refractivity contribution in [1.82, 2.24) is 0 Å². The van der Waals surface area contributed by atoms with Crippen LogP contribution in [0, 0.1) is 11.3 Å². The van der Waals surface area contributed by atoms with Gasteiger partial charge in [0.2, 0.25) is 0 Å². The van der Waals surface area contributed by atoms with E-state index < -0.39 is 29.2 Å². The highest BCUT2D eigenvalue weighted by molar-refractivity contribution is 6.16. The highest BCUT2D eigenvalue weighted by Gasteiger charge is 2.77. The molecule has 2 unspecified atom stereocenters. The van der Waals surface area contributed by atoms with E-state index in [-0.39, 0.29) is 13.0 Å². The fraction of sp³-hybridized carbons (Fsp3) is 0.444. The van der Waals surface area contributed by atoms with Crippen LogP contribution < -0.4 is 0 Å². The molecular weight excluding hydrogens is 188 g/mol. The molecule has 0 spiro atoms. The Bertz CT molecular complexity index is 345. The number of hydrogen-bond acceptors (Lipinski definition) is 5. The molecule has 0 amide bonds. The van der Waals surface area contributed by atoms with Crippen LogP contribution in [0.5, 0.6) is 0 Å². The van der Waals surface area contributed by atoms with Gasteiger partial charge in [-0.3, -0.25) is 14.4 Å². The van der Waals surface area contributed by atoms with Gasteiger partial charge >= 0.3 is 17.9 Å². The first kappa shape index (κ1) is 8.93. The van der Waals surface area contributed by atoms with Crippen molar-refractivity contribution in [1.29, 1.82) is 0 Å². The molecule has 2 rings (SSSR count). The van der Waals surface area contributed by atoms with Crippen molar-refractivity contribution < 1.29 is 23.9 Å². The summed E-state index contributed by atoms with van der Waals surface area (Å²) in [6.45, 7) is 3.41. The number of carbonyl (C=O) groups excluding carboxylic acids is 3. The summed E-state index contributed by atoms with van der Waals surface area (Å²) in [6.07, 6.45) is 1.62. The zero-order valence-corrected chi connectivity index (χ0v) is 7.32. The Morgan fingerprint density at radius 3 is 2.86 bits per heavy atom. The first-order valence-corrected chi connectivity index (χ1v) is 4.17. The number of cyclic esters (lactones) is 2. The van der Waals surface area contributed by atoms with Crippen molar-refractivity contribution in [3.8, 4) is 0 Å². The first-order chi connectivity index (χ1) is 6.63. The number of esters is 3. The molecule has 2 fully saturated rings. The lowest BCUT2D eigenvalue weighted by Crippen LogP contribution is -2.27. The summed E-state index contributed by atoms with van der Waals surface area (Å²) in [5.41, 5.74) is -1.32. The topological polar surface area (TPSA) is 69.7 Å². The summed E-state index contributed by atoms with van der Waals surface area (Å²) >= 11 is 0. The van der Waals surface area contributed by atoms with Crippen molar-refractivity contribution >= 4 is 17.9 Å². The SMILES string of the molecule is C=CCOC(=O)C12CC1C(=O)OC2=O. The third kappa shape index (κ3) is 0.921. The van der Waals surface area contributed by atoms with Crippen LogP contribution in [-0.4, -0.2) is 24.5 Å².